The number of carbonyl (C=O) groups excluding carboxylic acids is 2. The number of aromatic nitrogens is 2. The maximum Gasteiger partial charge on any atom is 0.252 e. The van der Waals surface area contributed by atoms with Crippen molar-refractivity contribution in [2.45, 2.75) is 13.0 Å². The number of benzene rings is 2. The smallest absolute Gasteiger partial charge is 0.252 e. The number of hydrogen-bond acceptors (Lipinski definition) is 5. The van der Waals surface area contributed by atoms with E-state index in [0.29, 0.717) is 22.6 Å². The van der Waals surface area contributed by atoms with Crippen molar-refractivity contribution in [1.82, 2.24) is 9.97 Å². The number of aromatic amines is 1. The number of H-pyrrole nitrogens is 1. The van der Waals surface area contributed by atoms with Gasteiger partial charge in [0, 0.05) is 17.3 Å². The number of phenolic OH excluding ortho intramolecular Hbond substituents is 1. The number of fused-ring (bicyclic) bond motifs is 1. The molecule has 4 rings (SSSR count). The molecule has 2 heterocycles. The fourth-order valence-corrected chi connectivity index (χ4v) is 3.40. The summed E-state index contributed by atoms with van der Waals surface area (Å²) in [6.45, 7) is 1.43. The second-order valence-electron chi connectivity index (χ2n) is 6.30. The van der Waals surface area contributed by atoms with Crippen LogP contribution in [0.5, 0.6) is 11.5 Å². The van der Waals surface area contributed by atoms with Crippen LogP contribution in [0.2, 0.25) is 0 Å². The highest BCUT2D eigenvalue weighted by Crippen LogP contribution is 2.41. The fourth-order valence-electron chi connectivity index (χ4n) is 3.40. The van der Waals surface area contributed by atoms with E-state index in [-0.39, 0.29) is 17.4 Å². The number of Topliss-reactive ketones (excluding diaryl/α,β-unsaturated/α-hetero) is 1. The summed E-state index contributed by atoms with van der Waals surface area (Å²) in [7, 11) is 1.46. The number of methoxy groups -OCH3 is 1. The highest BCUT2D eigenvalue weighted by molar-refractivity contribution is 6.14. The van der Waals surface area contributed by atoms with Gasteiger partial charge in [0.15, 0.2) is 17.3 Å². The zero-order valence-electron chi connectivity index (χ0n) is 14.8. The third-order valence-corrected chi connectivity index (χ3v) is 4.68. The number of phenols is 1. The number of hydrogen-bond donors (Lipinski definition) is 2. The van der Waals surface area contributed by atoms with E-state index in [0.717, 1.165) is 11.0 Å². The van der Waals surface area contributed by atoms with Crippen molar-refractivity contribution >= 4 is 28.4 Å². The van der Waals surface area contributed by atoms with Crippen molar-refractivity contribution in [3.63, 3.8) is 0 Å². The number of nitrogens with one attached hydrogen (secondary N) is 1. The summed E-state index contributed by atoms with van der Waals surface area (Å²) in [5, 5.41) is 10.2. The monoisotopic (exact) mass is 363 g/mol. The predicted molar refractivity (Wildman–Crippen MR) is 99.7 cm³/mol. The van der Waals surface area contributed by atoms with E-state index in [1.54, 1.807) is 24.5 Å². The minimum absolute atomic E-state index is 0.0544. The Balaban J connectivity index is 1.85. The van der Waals surface area contributed by atoms with Crippen molar-refractivity contribution in [3.8, 4) is 11.5 Å². The lowest BCUT2D eigenvalue weighted by atomic mass is 9.96. The highest BCUT2D eigenvalue weighted by atomic mass is 16.5. The first-order valence-corrected chi connectivity index (χ1v) is 8.35. The van der Waals surface area contributed by atoms with Crippen LogP contribution in [0.25, 0.3) is 11.0 Å². The van der Waals surface area contributed by atoms with E-state index < -0.39 is 6.04 Å². The Kier molecular flexibility index (Phi) is 3.92. The molecule has 0 spiro atoms. The number of carbonyl (C=O) groups is 2. The number of aromatic hydroxyl groups is 1. The first-order chi connectivity index (χ1) is 13.0. The predicted octanol–water partition coefficient (Wildman–Crippen LogP) is 2.88. The normalized spacial score (nSPS) is 16.7. The molecule has 1 unspecified atom stereocenters. The van der Waals surface area contributed by atoms with Gasteiger partial charge in [-0.25, -0.2) is 4.98 Å². The minimum Gasteiger partial charge on any atom is -0.504 e. The largest absolute Gasteiger partial charge is 0.504 e. The zero-order chi connectivity index (χ0) is 19.1. The average Bonchev–Trinajstić information content (AvgIpc) is 3.25. The Hall–Kier alpha value is -3.61. The average molecular weight is 363 g/mol. The van der Waals surface area contributed by atoms with Gasteiger partial charge < -0.3 is 14.8 Å². The van der Waals surface area contributed by atoms with Crippen molar-refractivity contribution in [3.05, 3.63) is 59.9 Å². The van der Waals surface area contributed by atoms with Crippen LogP contribution < -0.4 is 9.64 Å². The van der Waals surface area contributed by atoms with Gasteiger partial charge in [-0.05, 0) is 42.8 Å². The van der Waals surface area contributed by atoms with Gasteiger partial charge in [-0.3, -0.25) is 14.5 Å². The number of ether oxygens (including phenoxy) is 1. The van der Waals surface area contributed by atoms with Gasteiger partial charge in [0.1, 0.15) is 0 Å². The van der Waals surface area contributed by atoms with Gasteiger partial charge in [0.2, 0.25) is 0 Å². The van der Waals surface area contributed by atoms with E-state index in [2.05, 4.69) is 9.97 Å². The van der Waals surface area contributed by atoms with Crippen molar-refractivity contribution in [2.24, 2.45) is 0 Å². The number of ketones is 1. The molecule has 1 atom stereocenters. The van der Waals surface area contributed by atoms with Gasteiger partial charge in [0.05, 0.1) is 30.5 Å². The summed E-state index contributed by atoms with van der Waals surface area (Å²) >= 11 is 0. The number of rotatable bonds is 4. The van der Waals surface area contributed by atoms with Crippen molar-refractivity contribution < 1.29 is 19.4 Å². The van der Waals surface area contributed by atoms with Crippen LogP contribution in [0.15, 0.2) is 54.4 Å². The molecule has 7 nitrogen and oxygen atoms in total. The Morgan fingerprint density at radius 2 is 2.07 bits per heavy atom. The van der Waals surface area contributed by atoms with Crippen LogP contribution in [0.1, 0.15) is 18.5 Å². The molecule has 0 saturated heterocycles. The Morgan fingerprint density at radius 3 is 2.78 bits per heavy atom. The Labute approximate surface area is 154 Å². The van der Waals surface area contributed by atoms with Gasteiger partial charge in [-0.1, -0.05) is 6.07 Å². The summed E-state index contributed by atoms with van der Waals surface area (Å²) < 4.78 is 5.09. The molecule has 1 aliphatic rings. The van der Waals surface area contributed by atoms with Gasteiger partial charge >= 0.3 is 0 Å². The van der Waals surface area contributed by atoms with Gasteiger partial charge in [0.25, 0.3) is 5.91 Å². The molecule has 0 bridgehead atoms. The maximum atomic E-state index is 12.7. The molecule has 136 valence electrons. The molecule has 0 aliphatic carbocycles. The molecule has 1 aromatic heterocycles. The van der Waals surface area contributed by atoms with Gasteiger partial charge in [-0.2, -0.15) is 0 Å². The third kappa shape index (κ3) is 2.73. The maximum absolute atomic E-state index is 12.7. The molecule has 3 aromatic rings. The van der Waals surface area contributed by atoms with E-state index in [1.165, 1.54) is 31.1 Å². The van der Waals surface area contributed by atoms with Crippen molar-refractivity contribution in [2.75, 3.05) is 12.0 Å². The molecule has 0 fully saturated rings. The molecule has 2 N–H and O–H groups in total. The molecule has 27 heavy (non-hydrogen) atoms. The summed E-state index contributed by atoms with van der Waals surface area (Å²) in [6, 6.07) is 9.64. The quantitative estimate of drug-likeness (QED) is 0.743. The molecule has 1 amide bonds. The van der Waals surface area contributed by atoms with Crippen LogP contribution >= 0.6 is 0 Å². The second-order valence-corrected chi connectivity index (χ2v) is 6.30. The first-order valence-electron chi connectivity index (χ1n) is 8.35. The molecular weight excluding hydrogens is 346 g/mol. The molecule has 7 heteroatoms. The van der Waals surface area contributed by atoms with E-state index >= 15 is 0 Å². The SMILES string of the molecule is COc1ccc(C2C(C(C)=O)=CC(=O)N2c2ccc3nc[nH]c3c2)cc1O. The van der Waals surface area contributed by atoms with E-state index in [1.807, 2.05) is 12.1 Å². The van der Waals surface area contributed by atoms with Crippen molar-refractivity contribution in [1.29, 1.82) is 0 Å². The fraction of sp³-hybridized carbons (Fsp3) is 0.150. The first kappa shape index (κ1) is 16.8. The lowest BCUT2D eigenvalue weighted by Gasteiger charge is -2.27. The van der Waals surface area contributed by atoms with Crippen LogP contribution in [-0.2, 0) is 9.59 Å². The second kappa shape index (κ2) is 6.28. The topological polar surface area (TPSA) is 95.5 Å². The lowest BCUT2D eigenvalue weighted by molar-refractivity contribution is -0.114. The Morgan fingerprint density at radius 1 is 1.26 bits per heavy atom. The van der Waals surface area contributed by atoms with Crippen LogP contribution in [0.3, 0.4) is 0 Å². The van der Waals surface area contributed by atoms with Crippen LogP contribution in [0.4, 0.5) is 5.69 Å². The highest BCUT2D eigenvalue weighted by Gasteiger charge is 2.37. The summed E-state index contributed by atoms with van der Waals surface area (Å²) in [6.07, 6.45) is 2.93. The van der Waals surface area contributed by atoms with Crippen LogP contribution in [0, 0.1) is 0 Å². The number of imidazole rings is 1. The zero-order valence-corrected chi connectivity index (χ0v) is 14.8. The summed E-state index contributed by atoms with van der Waals surface area (Å²) in [4.78, 5) is 33.7. The number of nitrogens with zero attached hydrogens (tertiary/aromatic N) is 2. The summed E-state index contributed by atoms with van der Waals surface area (Å²) in [5.41, 5.74) is 3.18. The van der Waals surface area contributed by atoms with Gasteiger partial charge in [-0.15, -0.1) is 0 Å². The standard InChI is InChI=1S/C20H17N3O4/c1-11(24)14-9-19(26)23(13-4-5-15-16(8-13)22-10-21-15)20(14)12-3-6-18(27-2)17(25)7-12/h3-10,20,25H,1-2H3,(H,21,22). The minimum atomic E-state index is -0.632. The molecule has 0 saturated carbocycles. The molecule has 0 radical (unpaired) electrons. The van der Waals surface area contributed by atoms with E-state index in [9.17, 15) is 14.7 Å². The Bertz CT molecular complexity index is 1100. The number of amides is 1. The van der Waals surface area contributed by atoms with E-state index in [4.69, 9.17) is 4.74 Å². The third-order valence-electron chi connectivity index (χ3n) is 4.68. The molecule has 1 aliphatic heterocycles. The molecular formula is C20H17N3O4. The summed E-state index contributed by atoms with van der Waals surface area (Å²) in [5.74, 6) is -0.226. The lowest BCUT2D eigenvalue weighted by Crippen LogP contribution is -2.30. The number of anilines is 1. The molecule has 2 aromatic carbocycles. The van der Waals surface area contributed by atoms with Crippen LogP contribution in [-0.4, -0.2) is 33.9 Å².